The van der Waals surface area contributed by atoms with Gasteiger partial charge in [0.2, 0.25) is 6.79 Å². The minimum atomic E-state index is 0.146. The maximum atomic E-state index is 5.62. The normalized spacial score (nSPS) is 13.3. The van der Waals surface area contributed by atoms with Crippen molar-refractivity contribution in [3.05, 3.63) is 6.07 Å². The van der Waals surface area contributed by atoms with Gasteiger partial charge in [-0.05, 0) is 6.07 Å². The second kappa shape index (κ2) is 2.10. The molecule has 1 aliphatic heterocycles. The van der Waals surface area contributed by atoms with Crippen molar-refractivity contribution >= 4 is 17.1 Å². The van der Waals surface area contributed by atoms with Crippen LogP contribution in [-0.4, -0.2) is 6.79 Å². The number of fused-ring (bicyclic) bond motifs is 1. The molecule has 0 saturated heterocycles. The molecular formula is C7H9N3O2. The molecule has 1 aromatic rings. The lowest BCUT2D eigenvalue weighted by molar-refractivity contribution is 0.175. The van der Waals surface area contributed by atoms with Crippen molar-refractivity contribution in [3.8, 4) is 11.5 Å². The third-order valence-corrected chi connectivity index (χ3v) is 1.74. The van der Waals surface area contributed by atoms with Crippen LogP contribution in [0.15, 0.2) is 6.07 Å². The first-order valence-corrected chi connectivity index (χ1v) is 3.43. The quantitative estimate of drug-likeness (QED) is 0.478. The molecule has 1 heterocycles. The van der Waals surface area contributed by atoms with E-state index in [2.05, 4.69) is 0 Å². The van der Waals surface area contributed by atoms with Crippen LogP contribution in [0.2, 0.25) is 0 Å². The number of hydrogen-bond acceptors (Lipinski definition) is 5. The Balaban J connectivity index is 2.69. The average Bonchev–Trinajstić information content (AvgIpc) is 2.48. The summed E-state index contributed by atoms with van der Waals surface area (Å²) in [7, 11) is 0. The van der Waals surface area contributed by atoms with Crippen LogP contribution in [0.3, 0.4) is 0 Å². The molecule has 0 unspecified atom stereocenters. The highest BCUT2D eigenvalue weighted by Crippen LogP contribution is 2.45. The molecule has 5 heteroatoms. The van der Waals surface area contributed by atoms with Crippen LogP contribution in [0, 0.1) is 0 Å². The molecular weight excluding hydrogens is 158 g/mol. The van der Waals surface area contributed by atoms with E-state index in [9.17, 15) is 0 Å². The molecule has 0 atom stereocenters. The van der Waals surface area contributed by atoms with E-state index in [0.717, 1.165) is 0 Å². The molecule has 0 fully saturated rings. The van der Waals surface area contributed by atoms with Gasteiger partial charge >= 0.3 is 0 Å². The van der Waals surface area contributed by atoms with Crippen molar-refractivity contribution in [1.29, 1.82) is 0 Å². The van der Waals surface area contributed by atoms with Crippen LogP contribution < -0.4 is 26.7 Å². The summed E-state index contributed by atoms with van der Waals surface area (Å²) in [5.41, 5.74) is 18.0. The van der Waals surface area contributed by atoms with E-state index in [0.29, 0.717) is 28.6 Å². The fraction of sp³-hybridized carbons (Fsp3) is 0.143. The van der Waals surface area contributed by atoms with Crippen LogP contribution in [0.25, 0.3) is 0 Å². The molecule has 5 nitrogen and oxygen atoms in total. The van der Waals surface area contributed by atoms with Crippen molar-refractivity contribution in [2.24, 2.45) is 0 Å². The summed E-state index contributed by atoms with van der Waals surface area (Å²) >= 11 is 0. The molecule has 2 rings (SSSR count). The summed E-state index contributed by atoms with van der Waals surface area (Å²) in [4.78, 5) is 0. The summed E-state index contributed by atoms with van der Waals surface area (Å²) in [6.07, 6.45) is 0. The Morgan fingerprint density at radius 2 is 1.67 bits per heavy atom. The van der Waals surface area contributed by atoms with Crippen molar-refractivity contribution in [3.63, 3.8) is 0 Å². The first kappa shape index (κ1) is 6.90. The topological polar surface area (TPSA) is 96.5 Å². The maximum absolute atomic E-state index is 5.62. The Bertz CT molecular complexity index is 338. The molecule has 0 aliphatic carbocycles. The molecule has 6 N–H and O–H groups in total. The highest BCUT2D eigenvalue weighted by Gasteiger charge is 2.21. The van der Waals surface area contributed by atoms with Gasteiger partial charge in [0.15, 0.2) is 11.5 Å². The predicted molar refractivity (Wildman–Crippen MR) is 45.8 cm³/mol. The minimum absolute atomic E-state index is 0.146. The van der Waals surface area contributed by atoms with Gasteiger partial charge in [-0.15, -0.1) is 0 Å². The number of ether oxygens (including phenoxy) is 2. The van der Waals surface area contributed by atoms with Gasteiger partial charge in [0.25, 0.3) is 0 Å². The van der Waals surface area contributed by atoms with Gasteiger partial charge in [0.05, 0.1) is 11.4 Å². The van der Waals surface area contributed by atoms with Crippen LogP contribution in [0.4, 0.5) is 17.1 Å². The van der Waals surface area contributed by atoms with Crippen molar-refractivity contribution in [2.45, 2.75) is 0 Å². The van der Waals surface area contributed by atoms with Crippen molar-refractivity contribution in [1.82, 2.24) is 0 Å². The Hall–Kier alpha value is -1.78. The lowest BCUT2D eigenvalue weighted by Gasteiger charge is -2.05. The van der Waals surface area contributed by atoms with Crippen LogP contribution in [0.5, 0.6) is 11.5 Å². The van der Waals surface area contributed by atoms with E-state index in [1.807, 2.05) is 0 Å². The summed E-state index contributed by atoms with van der Waals surface area (Å²) in [6, 6.07) is 1.56. The van der Waals surface area contributed by atoms with Crippen molar-refractivity contribution in [2.75, 3.05) is 24.0 Å². The first-order chi connectivity index (χ1) is 5.70. The minimum Gasteiger partial charge on any atom is -0.451 e. The maximum Gasteiger partial charge on any atom is 0.231 e. The van der Waals surface area contributed by atoms with Gasteiger partial charge in [-0.25, -0.2) is 0 Å². The van der Waals surface area contributed by atoms with Crippen LogP contribution >= 0.6 is 0 Å². The van der Waals surface area contributed by atoms with Gasteiger partial charge in [-0.1, -0.05) is 0 Å². The summed E-state index contributed by atoms with van der Waals surface area (Å²) in [6.45, 7) is 0.146. The number of hydrogen-bond donors (Lipinski definition) is 3. The monoisotopic (exact) mass is 167 g/mol. The van der Waals surface area contributed by atoms with Gasteiger partial charge in [0.1, 0.15) is 5.69 Å². The van der Waals surface area contributed by atoms with E-state index >= 15 is 0 Å². The highest BCUT2D eigenvalue weighted by molar-refractivity contribution is 5.82. The molecule has 0 aromatic heterocycles. The Morgan fingerprint density at radius 1 is 1.00 bits per heavy atom. The van der Waals surface area contributed by atoms with E-state index in [-0.39, 0.29) is 6.79 Å². The molecule has 0 saturated carbocycles. The Labute approximate surface area is 69.0 Å². The standard InChI is InChI=1S/C7H9N3O2/c8-3-1-4(9)6-7(5(3)10)12-2-11-6/h1H,2,8-10H2. The van der Waals surface area contributed by atoms with Gasteiger partial charge in [0, 0.05) is 0 Å². The van der Waals surface area contributed by atoms with E-state index < -0.39 is 0 Å². The SMILES string of the molecule is Nc1cc(N)c2c(c1N)OCO2. The number of rotatable bonds is 0. The second-order valence-electron chi connectivity index (χ2n) is 2.53. The number of nitrogen functional groups attached to an aromatic ring is 3. The van der Waals surface area contributed by atoms with Crippen LogP contribution in [0.1, 0.15) is 0 Å². The number of nitrogens with two attached hydrogens (primary N) is 3. The first-order valence-electron chi connectivity index (χ1n) is 3.43. The van der Waals surface area contributed by atoms with Gasteiger partial charge in [-0.2, -0.15) is 0 Å². The largest absolute Gasteiger partial charge is 0.451 e. The zero-order valence-corrected chi connectivity index (χ0v) is 6.33. The molecule has 0 bridgehead atoms. The molecule has 1 aliphatic rings. The zero-order valence-electron chi connectivity index (χ0n) is 6.33. The summed E-state index contributed by atoms with van der Waals surface area (Å²) < 4.78 is 10.2. The Morgan fingerprint density at radius 3 is 2.42 bits per heavy atom. The van der Waals surface area contributed by atoms with Crippen molar-refractivity contribution < 1.29 is 9.47 Å². The fourth-order valence-electron chi connectivity index (χ4n) is 1.13. The third kappa shape index (κ3) is 0.730. The van der Waals surface area contributed by atoms with E-state index in [1.165, 1.54) is 0 Å². The molecule has 1 aromatic carbocycles. The van der Waals surface area contributed by atoms with Gasteiger partial charge in [-0.3, -0.25) is 0 Å². The Kier molecular flexibility index (Phi) is 1.21. The summed E-state index contributed by atoms with van der Waals surface area (Å²) in [5.74, 6) is 0.939. The lowest BCUT2D eigenvalue weighted by Crippen LogP contribution is -1.98. The van der Waals surface area contributed by atoms with E-state index in [4.69, 9.17) is 26.7 Å². The zero-order chi connectivity index (χ0) is 8.72. The summed E-state index contributed by atoms with van der Waals surface area (Å²) in [5, 5.41) is 0. The predicted octanol–water partition coefficient (Wildman–Crippen LogP) is 0.162. The molecule has 12 heavy (non-hydrogen) atoms. The smallest absolute Gasteiger partial charge is 0.231 e. The molecule has 0 spiro atoms. The number of anilines is 3. The molecule has 64 valence electrons. The highest BCUT2D eigenvalue weighted by atomic mass is 16.7. The second-order valence-corrected chi connectivity index (χ2v) is 2.53. The number of benzene rings is 1. The molecule has 0 radical (unpaired) electrons. The van der Waals surface area contributed by atoms with E-state index in [1.54, 1.807) is 6.07 Å². The van der Waals surface area contributed by atoms with Crippen LogP contribution in [-0.2, 0) is 0 Å². The average molecular weight is 167 g/mol. The molecule has 0 amide bonds. The lowest BCUT2D eigenvalue weighted by atomic mass is 10.2. The van der Waals surface area contributed by atoms with Gasteiger partial charge < -0.3 is 26.7 Å². The third-order valence-electron chi connectivity index (χ3n) is 1.74. The fourth-order valence-corrected chi connectivity index (χ4v) is 1.13.